The second kappa shape index (κ2) is 17.0. The lowest BCUT2D eigenvalue weighted by molar-refractivity contribution is 0.0953. The molecule has 1 N–H and O–H groups in total. The van der Waals surface area contributed by atoms with Crippen LogP contribution >= 0.6 is 0 Å². The van der Waals surface area contributed by atoms with Crippen LogP contribution in [0.2, 0.25) is 0 Å². The number of methoxy groups -OCH3 is 1. The third-order valence-electron chi connectivity index (χ3n) is 9.58. The van der Waals surface area contributed by atoms with Gasteiger partial charge in [0.05, 0.1) is 7.11 Å². The van der Waals surface area contributed by atoms with Crippen molar-refractivity contribution in [2.75, 3.05) is 13.7 Å². The molecule has 2 bridgehead atoms. The second-order valence-corrected chi connectivity index (χ2v) is 13.3. The summed E-state index contributed by atoms with van der Waals surface area (Å²) in [6, 6.07) is 19.5. The van der Waals surface area contributed by atoms with Crippen molar-refractivity contribution in [1.82, 2.24) is 5.32 Å². The maximum atomic E-state index is 12.4. The van der Waals surface area contributed by atoms with Gasteiger partial charge in [-0.2, -0.15) is 0 Å². The van der Waals surface area contributed by atoms with E-state index < -0.39 is 0 Å². The number of benzene rings is 3. The SMILES string of the molecule is CC.CCC.CCCC.CCCNC(=O)c1ccc2cc(-c3ccc(OC)c(C45CC(C)CC(C4)C4CC4C5)c3)ccc2c1. The average Bonchev–Trinajstić information content (AvgIpc) is 3.83. The molecule has 0 radical (unpaired) electrons. The third-order valence-corrected chi connectivity index (χ3v) is 9.58. The van der Waals surface area contributed by atoms with Gasteiger partial charge in [0.25, 0.3) is 5.91 Å². The lowest BCUT2D eigenvalue weighted by Gasteiger charge is -2.48. The zero-order valence-electron chi connectivity index (χ0n) is 29.4. The molecule has 0 aromatic heterocycles. The van der Waals surface area contributed by atoms with E-state index in [0.717, 1.165) is 52.2 Å². The number of rotatable bonds is 7. The summed E-state index contributed by atoms with van der Waals surface area (Å²) >= 11 is 0. The van der Waals surface area contributed by atoms with E-state index in [1.165, 1.54) is 68.1 Å². The van der Waals surface area contributed by atoms with Gasteiger partial charge in [0, 0.05) is 17.7 Å². The van der Waals surface area contributed by atoms with Crippen LogP contribution in [0.5, 0.6) is 5.75 Å². The summed E-state index contributed by atoms with van der Waals surface area (Å²) in [4.78, 5) is 12.4. The summed E-state index contributed by atoms with van der Waals surface area (Å²) in [5, 5.41) is 5.23. The van der Waals surface area contributed by atoms with Crippen molar-refractivity contribution in [2.45, 2.75) is 119 Å². The lowest BCUT2D eigenvalue weighted by atomic mass is 9.56. The summed E-state index contributed by atoms with van der Waals surface area (Å²) in [5.74, 6) is 4.67. The molecule has 0 spiro atoms. The van der Waals surface area contributed by atoms with Gasteiger partial charge in [0.2, 0.25) is 0 Å². The molecule has 5 atom stereocenters. The lowest BCUT2D eigenvalue weighted by Crippen LogP contribution is -2.41. The Hall–Kier alpha value is -2.81. The topological polar surface area (TPSA) is 38.3 Å². The van der Waals surface area contributed by atoms with E-state index in [1.54, 1.807) is 0 Å². The van der Waals surface area contributed by atoms with Crippen LogP contribution in [0.15, 0.2) is 54.6 Å². The largest absolute Gasteiger partial charge is 0.496 e. The minimum absolute atomic E-state index is 0.00211. The first-order valence-electron chi connectivity index (χ1n) is 17.8. The zero-order chi connectivity index (χ0) is 32.3. The number of ether oxygens (including phenoxy) is 1. The number of hydrogen-bond acceptors (Lipinski definition) is 2. The number of carbonyl (C=O) groups excluding carboxylic acids is 1. The number of nitrogens with one attached hydrogen (secondary N) is 1. The number of fused-ring (bicyclic) bond motifs is 5. The van der Waals surface area contributed by atoms with E-state index in [2.05, 4.69) is 89.3 Å². The first-order chi connectivity index (χ1) is 21.3. The molecule has 0 saturated heterocycles. The summed E-state index contributed by atoms with van der Waals surface area (Å²) in [6.07, 6.45) is 11.6. The molecule has 3 saturated carbocycles. The van der Waals surface area contributed by atoms with Gasteiger partial charge >= 0.3 is 0 Å². The Morgan fingerprint density at radius 2 is 1.39 bits per heavy atom. The predicted molar refractivity (Wildman–Crippen MR) is 191 cm³/mol. The van der Waals surface area contributed by atoms with Crippen LogP contribution in [0, 0.1) is 23.7 Å². The average molecular weight is 600 g/mol. The highest BCUT2D eigenvalue weighted by atomic mass is 16.5. The molecule has 242 valence electrons. The van der Waals surface area contributed by atoms with Crippen LogP contribution in [0.3, 0.4) is 0 Å². The first kappa shape index (κ1) is 35.7. The summed E-state index contributed by atoms with van der Waals surface area (Å²) in [5.41, 5.74) is 4.90. The molecular weight excluding hydrogens is 538 g/mol. The maximum absolute atomic E-state index is 12.4. The fourth-order valence-electron chi connectivity index (χ4n) is 7.55. The standard InChI is InChI=1S/C32H37NO2.C4H10.C3H8.C2H6/c1-4-11-33-31(34)25-8-7-21-13-22(5-6-23(21)14-25)24-9-10-30(35-3)29(16-24)32-17-20(2)12-26(18-32)28-15-27(28)19-32;1-3-4-2;1-3-2;1-2/h5-10,13-14,16,20,26-28H,4,11-12,15,17-19H2,1-3H3,(H,33,34);3-4H2,1-2H3;3H2,1-2H3;1-2H3. The van der Waals surface area contributed by atoms with Crippen molar-refractivity contribution in [3.63, 3.8) is 0 Å². The van der Waals surface area contributed by atoms with E-state index in [4.69, 9.17) is 4.74 Å². The molecule has 44 heavy (non-hydrogen) atoms. The monoisotopic (exact) mass is 599 g/mol. The minimum Gasteiger partial charge on any atom is -0.496 e. The normalized spacial score (nSPS) is 24.2. The molecule has 5 unspecified atom stereocenters. The van der Waals surface area contributed by atoms with Crippen molar-refractivity contribution in [1.29, 1.82) is 0 Å². The van der Waals surface area contributed by atoms with Crippen molar-refractivity contribution in [3.05, 3.63) is 65.7 Å². The predicted octanol–water partition coefficient (Wildman–Crippen LogP) is 11.6. The highest BCUT2D eigenvalue weighted by molar-refractivity contribution is 5.99. The molecular formula is C41H61NO2. The van der Waals surface area contributed by atoms with Crippen LogP contribution in [0.4, 0.5) is 0 Å². The van der Waals surface area contributed by atoms with Crippen LogP contribution in [-0.4, -0.2) is 19.6 Å². The highest BCUT2D eigenvalue weighted by Crippen LogP contribution is 2.65. The van der Waals surface area contributed by atoms with Gasteiger partial charge < -0.3 is 10.1 Å². The molecule has 3 aliphatic carbocycles. The Balaban J connectivity index is 0.000000528. The highest BCUT2D eigenvalue weighted by Gasteiger charge is 2.57. The van der Waals surface area contributed by atoms with Gasteiger partial charge in [0.1, 0.15) is 5.75 Å². The molecule has 3 fully saturated rings. The summed E-state index contributed by atoms with van der Waals surface area (Å²) in [7, 11) is 1.83. The Morgan fingerprint density at radius 1 is 0.795 bits per heavy atom. The smallest absolute Gasteiger partial charge is 0.251 e. The summed E-state index contributed by atoms with van der Waals surface area (Å²) in [6.45, 7) is 17.8. The zero-order valence-corrected chi connectivity index (χ0v) is 29.4. The van der Waals surface area contributed by atoms with Gasteiger partial charge in [-0.25, -0.2) is 0 Å². The molecule has 3 nitrogen and oxygen atoms in total. The van der Waals surface area contributed by atoms with E-state index in [-0.39, 0.29) is 11.3 Å². The number of hydrogen-bond donors (Lipinski definition) is 1. The maximum Gasteiger partial charge on any atom is 0.251 e. The van der Waals surface area contributed by atoms with Crippen LogP contribution in [0.1, 0.15) is 129 Å². The van der Waals surface area contributed by atoms with E-state index in [0.29, 0.717) is 6.54 Å². The fourth-order valence-corrected chi connectivity index (χ4v) is 7.55. The van der Waals surface area contributed by atoms with Gasteiger partial charge in [0.15, 0.2) is 0 Å². The Kier molecular flexibility index (Phi) is 13.8. The number of amides is 1. The quantitative estimate of drug-likeness (QED) is 0.293. The van der Waals surface area contributed by atoms with Crippen molar-refractivity contribution < 1.29 is 9.53 Å². The van der Waals surface area contributed by atoms with Gasteiger partial charge in [-0.3, -0.25) is 4.79 Å². The molecule has 1 amide bonds. The van der Waals surface area contributed by atoms with Gasteiger partial charge in [-0.15, -0.1) is 0 Å². The molecule has 3 heteroatoms. The molecule has 3 aliphatic rings. The molecule has 0 heterocycles. The summed E-state index contributed by atoms with van der Waals surface area (Å²) < 4.78 is 5.96. The molecule has 0 aliphatic heterocycles. The molecule has 3 aromatic carbocycles. The van der Waals surface area contributed by atoms with Gasteiger partial charge in [-0.1, -0.05) is 98.9 Å². The van der Waals surface area contributed by atoms with Crippen LogP contribution in [0.25, 0.3) is 21.9 Å². The Morgan fingerprint density at radius 3 is 2.02 bits per heavy atom. The van der Waals surface area contributed by atoms with Crippen molar-refractivity contribution in [3.8, 4) is 16.9 Å². The number of carbonyl (C=O) groups is 1. The third kappa shape index (κ3) is 8.46. The van der Waals surface area contributed by atoms with E-state index >= 15 is 0 Å². The first-order valence-corrected chi connectivity index (χ1v) is 17.8. The molecule has 3 aromatic rings. The molecule has 6 rings (SSSR count). The fraction of sp³-hybridized carbons (Fsp3) is 0.585. The second-order valence-electron chi connectivity index (χ2n) is 13.3. The Labute approximate surface area is 269 Å². The van der Waals surface area contributed by atoms with E-state index in [1.807, 2.05) is 33.1 Å². The van der Waals surface area contributed by atoms with Gasteiger partial charge in [-0.05, 0) is 120 Å². The van der Waals surface area contributed by atoms with Crippen LogP contribution in [-0.2, 0) is 5.41 Å². The minimum atomic E-state index is 0.00211. The van der Waals surface area contributed by atoms with Crippen molar-refractivity contribution >= 4 is 16.7 Å². The Bertz CT molecular complexity index is 1320. The van der Waals surface area contributed by atoms with Crippen molar-refractivity contribution in [2.24, 2.45) is 23.7 Å². The van der Waals surface area contributed by atoms with E-state index in [9.17, 15) is 4.79 Å². The van der Waals surface area contributed by atoms with Crippen LogP contribution < -0.4 is 10.1 Å². The number of unbranched alkanes of at least 4 members (excludes halogenated alkanes) is 1.